The van der Waals surface area contributed by atoms with Gasteiger partial charge < -0.3 is 15.4 Å². The molecule has 0 amide bonds. The molecule has 1 saturated carbocycles. The maximum Gasteiger partial charge on any atom is 0.258 e. The van der Waals surface area contributed by atoms with Gasteiger partial charge in [0.2, 0.25) is 0 Å². The number of piperidine rings is 1. The number of hydrogen-bond donors (Lipinski definition) is 2. The predicted molar refractivity (Wildman–Crippen MR) is 90.0 cm³/mol. The van der Waals surface area contributed by atoms with Gasteiger partial charge in [-0.2, -0.15) is 0 Å². The smallest absolute Gasteiger partial charge is 0.258 e. The third-order valence-electron chi connectivity index (χ3n) is 3.99. The summed E-state index contributed by atoms with van der Waals surface area (Å²) in [6.45, 7) is 1.97. The van der Waals surface area contributed by atoms with E-state index in [1.807, 2.05) is 24.3 Å². The van der Waals surface area contributed by atoms with Crippen molar-refractivity contribution in [2.24, 2.45) is 0 Å². The minimum atomic E-state index is 0. The lowest BCUT2D eigenvalue weighted by atomic mass is 10.1. The van der Waals surface area contributed by atoms with Gasteiger partial charge in [-0.1, -0.05) is 12.1 Å². The number of ether oxygens (including phenoxy) is 1. The molecule has 1 aromatic heterocycles. The average molecular weight is 321 g/mol. The Morgan fingerprint density at radius 3 is 2.55 bits per heavy atom. The van der Waals surface area contributed by atoms with Crippen LogP contribution in [0.4, 0.5) is 5.82 Å². The number of anilines is 1. The van der Waals surface area contributed by atoms with Crippen molar-refractivity contribution in [1.82, 2.24) is 15.3 Å². The van der Waals surface area contributed by atoms with Crippen LogP contribution in [0.25, 0.3) is 11.0 Å². The van der Waals surface area contributed by atoms with Crippen LogP contribution in [0.1, 0.15) is 25.7 Å². The third kappa shape index (κ3) is 3.42. The van der Waals surface area contributed by atoms with Crippen molar-refractivity contribution in [3.05, 3.63) is 24.3 Å². The fraction of sp³-hybridized carbons (Fsp3) is 0.500. The van der Waals surface area contributed by atoms with Crippen LogP contribution in [0.15, 0.2) is 24.3 Å². The van der Waals surface area contributed by atoms with E-state index < -0.39 is 0 Å². The normalized spacial score (nSPS) is 21.2. The van der Waals surface area contributed by atoms with Crippen LogP contribution in [0.3, 0.4) is 0 Å². The van der Waals surface area contributed by atoms with Gasteiger partial charge in [-0.25, -0.2) is 9.97 Å². The molecule has 4 rings (SSSR count). The Labute approximate surface area is 136 Å². The molecule has 1 unspecified atom stereocenters. The summed E-state index contributed by atoms with van der Waals surface area (Å²) in [7, 11) is 0. The summed E-state index contributed by atoms with van der Waals surface area (Å²) >= 11 is 0. The summed E-state index contributed by atoms with van der Waals surface area (Å²) in [6.07, 6.45) is 4.83. The van der Waals surface area contributed by atoms with Crippen LogP contribution in [0.5, 0.6) is 5.88 Å². The predicted octanol–water partition coefficient (Wildman–Crippen LogP) is 2.76. The van der Waals surface area contributed by atoms with E-state index in [-0.39, 0.29) is 18.5 Å². The number of nitrogens with one attached hydrogen (secondary N) is 2. The molecule has 0 bridgehead atoms. The van der Waals surface area contributed by atoms with Gasteiger partial charge in [-0.15, -0.1) is 12.4 Å². The molecular weight excluding hydrogens is 300 g/mol. The SMILES string of the molecule is Cl.c1ccc2nc(OC3CCCNC3)c(NC3CC3)nc2c1. The van der Waals surface area contributed by atoms with Gasteiger partial charge in [-0.3, -0.25) is 0 Å². The molecule has 1 saturated heterocycles. The van der Waals surface area contributed by atoms with Crippen molar-refractivity contribution in [3.63, 3.8) is 0 Å². The lowest BCUT2D eigenvalue weighted by Gasteiger charge is -2.24. The first kappa shape index (κ1) is 15.3. The van der Waals surface area contributed by atoms with Crippen molar-refractivity contribution >= 4 is 29.3 Å². The third-order valence-corrected chi connectivity index (χ3v) is 3.99. The minimum absolute atomic E-state index is 0. The molecule has 1 aliphatic heterocycles. The number of fused-ring (bicyclic) bond motifs is 1. The van der Waals surface area contributed by atoms with Gasteiger partial charge in [0.25, 0.3) is 5.88 Å². The molecule has 1 aromatic carbocycles. The summed E-state index contributed by atoms with van der Waals surface area (Å²) < 4.78 is 6.12. The lowest BCUT2D eigenvalue weighted by molar-refractivity contribution is 0.161. The molecule has 5 nitrogen and oxygen atoms in total. The van der Waals surface area contributed by atoms with E-state index in [2.05, 4.69) is 15.6 Å². The van der Waals surface area contributed by atoms with Gasteiger partial charge >= 0.3 is 0 Å². The van der Waals surface area contributed by atoms with E-state index in [1.54, 1.807) is 0 Å². The summed E-state index contributed by atoms with van der Waals surface area (Å²) in [5, 5.41) is 6.82. The summed E-state index contributed by atoms with van der Waals surface area (Å²) in [5.74, 6) is 1.44. The lowest BCUT2D eigenvalue weighted by Crippen LogP contribution is -2.37. The standard InChI is InChI=1S/C16H20N4O.ClH/c1-2-6-14-13(5-1)19-15(18-11-7-8-11)16(20-14)21-12-4-3-9-17-10-12;/h1-2,5-6,11-12,17H,3-4,7-10H2,(H,18,19);1H. The van der Waals surface area contributed by atoms with Crippen LogP contribution in [-0.4, -0.2) is 35.2 Å². The molecule has 2 N–H and O–H groups in total. The largest absolute Gasteiger partial charge is 0.470 e. The number of hydrogen-bond acceptors (Lipinski definition) is 5. The molecule has 2 heterocycles. The molecule has 1 aliphatic carbocycles. The Morgan fingerprint density at radius 2 is 1.86 bits per heavy atom. The molecule has 22 heavy (non-hydrogen) atoms. The van der Waals surface area contributed by atoms with Crippen LogP contribution in [0.2, 0.25) is 0 Å². The molecule has 2 fully saturated rings. The Morgan fingerprint density at radius 1 is 1.09 bits per heavy atom. The monoisotopic (exact) mass is 320 g/mol. The van der Waals surface area contributed by atoms with E-state index in [9.17, 15) is 0 Å². The molecule has 0 spiro atoms. The number of rotatable bonds is 4. The zero-order valence-corrected chi connectivity index (χ0v) is 13.2. The van der Waals surface area contributed by atoms with E-state index >= 15 is 0 Å². The second kappa shape index (κ2) is 6.67. The van der Waals surface area contributed by atoms with Gasteiger partial charge in [0.15, 0.2) is 5.82 Å². The molecule has 2 aliphatic rings. The second-order valence-corrected chi connectivity index (χ2v) is 5.87. The molecule has 1 atom stereocenters. The Bertz CT molecular complexity index is 641. The highest BCUT2D eigenvalue weighted by Gasteiger charge is 2.25. The van der Waals surface area contributed by atoms with Crippen molar-refractivity contribution in [1.29, 1.82) is 0 Å². The Balaban J connectivity index is 0.00000144. The zero-order chi connectivity index (χ0) is 14.1. The van der Waals surface area contributed by atoms with E-state index in [1.165, 1.54) is 12.8 Å². The fourth-order valence-corrected chi connectivity index (χ4v) is 2.66. The fourth-order valence-electron chi connectivity index (χ4n) is 2.66. The highest BCUT2D eigenvalue weighted by atomic mass is 35.5. The van der Waals surface area contributed by atoms with Crippen LogP contribution in [0, 0.1) is 0 Å². The molecular formula is C16H21ClN4O. The van der Waals surface area contributed by atoms with Gasteiger partial charge in [-0.05, 0) is 44.4 Å². The average Bonchev–Trinajstić information content (AvgIpc) is 3.33. The first-order valence-corrected chi connectivity index (χ1v) is 7.79. The summed E-state index contributed by atoms with van der Waals surface area (Å²) in [6, 6.07) is 8.48. The number of halogens is 1. The van der Waals surface area contributed by atoms with Gasteiger partial charge in [0.1, 0.15) is 6.10 Å². The highest BCUT2D eigenvalue weighted by Crippen LogP contribution is 2.30. The molecule has 0 radical (unpaired) electrons. The van der Waals surface area contributed by atoms with Crippen molar-refractivity contribution in [2.75, 3.05) is 18.4 Å². The second-order valence-electron chi connectivity index (χ2n) is 5.87. The minimum Gasteiger partial charge on any atom is -0.470 e. The van der Waals surface area contributed by atoms with Crippen LogP contribution >= 0.6 is 12.4 Å². The van der Waals surface area contributed by atoms with Crippen molar-refractivity contribution < 1.29 is 4.74 Å². The summed E-state index contributed by atoms with van der Waals surface area (Å²) in [5.41, 5.74) is 1.80. The van der Waals surface area contributed by atoms with Crippen LogP contribution < -0.4 is 15.4 Å². The van der Waals surface area contributed by atoms with E-state index in [4.69, 9.17) is 9.72 Å². The molecule has 6 heteroatoms. The van der Waals surface area contributed by atoms with E-state index in [0.29, 0.717) is 11.9 Å². The quantitative estimate of drug-likeness (QED) is 0.907. The van der Waals surface area contributed by atoms with Gasteiger partial charge in [0.05, 0.1) is 11.0 Å². The summed E-state index contributed by atoms with van der Waals surface area (Å²) in [4.78, 5) is 9.38. The first-order chi connectivity index (χ1) is 10.4. The number of benzene rings is 1. The van der Waals surface area contributed by atoms with E-state index in [0.717, 1.165) is 42.8 Å². The number of nitrogens with zero attached hydrogens (tertiary/aromatic N) is 2. The molecule has 118 valence electrons. The van der Waals surface area contributed by atoms with Gasteiger partial charge in [0, 0.05) is 12.6 Å². The Hall–Kier alpha value is -1.59. The number of para-hydroxylation sites is 2. The van der Waals surface area contributed by atoms with Crippen molar-refractivity contribution in [2.45, 2.75) is 37.8 Å². The van der Waals surface area contributed by atoms with Crippen LogP contribution in [-0.2, 0) is 0 Å². The van der Waals surface area contributed by atoms with Crippen molar-refractivity contribution in [3.8, 4) is 5.88 Å². The first-order valence-electron chi connectivity index (χ1n) is 7.79. The Kier molecular flexibility index (Phi) is 4.64. The highest BCUT2D eigenvalue weighted by molar-refractivity contribution is 5.85. The maximum atomic E-state index is 6.12. The number of aromatic nitrogens is 2. The zero-order valence-electron chi connectivity index (χ0n) is 12.4. The maximum absolute atomic E-state index is 6.12. The topological polar surface area (TPSA) is 59.1 Å². The molecule has 2 aromatic rings.